The quantitative estimate of drug-likeness (QED) is 0.681. The zero-order valence-electron chi connectivity index (χ0n) is 11.1. The first-order chi connectivity index (χ1) is 9.26. The summed E-state index contributed by atoms with van der Waals surface area (Å²) in [6.45, 7) is 1.43. The maximum Gasteiger partial charge on any atom is 0.233 e. The lowest BCUT2D eigenvalue weighted by Gasteiger charge is -2.06. The minimum Gasteiger partial charge on any atom is -0.497 e. The predicted octanol–water partition coefficient (Wildman–Crippen LogP) is 0.857. The molecule has 2 N–H and O–H groups in total. The predicted molar refractivity (Wildman–Crippen MR) is 72.8 cm³/mol. The molecular formula is C14H19N3O2. The van der Waals surface area contributed by atoms with Crippen LogP contribution in [0.2, 0.25) is 0 Å². The van der Waals surface area contributed by atoms with E-state index in [0.717, 1.165) is 18.7 Å². The van der Waals surface area contributed by atoms with Gasteiger partial charge in [-0.15, -0.1) is 0 Å². The highest BCUT2D eigenvalue weighted by Gasteiger charge is 1.99. The number of ether oxygens (including phenoxy) is 1. The van der Waals surface area contributed by atoms with Gasteiger partial charge in [-0.25, -0.2) is 0 Å². The minimum absolute atomic E-state index is 0.0787. The van der Waals surface area contributed by atoms with Crippen molar-refractivity contribution in [1.82, 2.24) is 10.6 Å². The standard InChI is InChI=1S/C14H19N3O2/c1-19-13-5-3-12(4-6-13)7-10-16-11-14(18)17-9-2-8-15/h3-6,16H,2,7,9-11H2,1H3,(H,17,18). The molecule has 1 amide bonds. The molecule has 102 valence electrons. The van der Waals surface area contributed by atoms with E-state index in [9.17, 15) is 4.79 Å². The van der Waals surface area contributed by atoms with Crippen molar-refractivity contribution in [3.63, 3.8) is 0 Å². The van der Waals surface area contributed by atoms with Gasteiger partial charge in [0.25, 0.3) is 0 Å². The number of benzene rings is 1. The van der Waals surface area contributed by atoms with Crippen molar-refractivity contribution in [2.45, 2.75) is 12.8 Å². The van der Waals surface area contributed by atoms with Crippen molar-refractivity contribution in [3.8, 4) is 11.8 Å². The lowest BCUT2D eigenvalue weighted by molar-refractivity contribution is -0.120. The second-order valence-electron chi connectivity index (χ2n) is 4.03. The summed E-state index contributed by atoms with van der Waals surface area (Å²) >= 11 is 0. The molecule has 0 saturated carbocycles. The molecule has 0 aliphatic rings. The average molecular weight is 261 g/mol. The maximum absolute atomic E-state index is 11.3. The van der Waals surface area contributed by atoms with Gasteiger partial charge < -0.3 is 15.4 Å². The lowest BCUT2D eigenvalue weighted by atomic mass is 10.1. The molecule has 19 heavy (non-hydrogen) atoms. The number of nitrogens with one attached hydrogen (secondary N) is 2. The molecule has 0 bridgehead atoms. The van der Waals surface area contributed by atoms with Crippen LogP contribution < -0.4 is 15.4 Å². The van der Waals surface area contributed by atoms with Gasteiger partial charge in [-0.05, 0) is 30.7 Å². The van der Waals surface area contributed by atoms with E-state index in [4.69, 9.17) is 10.00 Å². The second kappa shape index (κ2) is 8.95. The summed E-state index contributed by atoms with van der Waals surface area (Å²) < 4.78 is 5.08. The molecular weight excluding hydrogens is 242 g/mol. The number of hydrogen-bond acceptors (Lipinski definition) is 4. The number of rotatable bonds is 8. The van der Waals surface area contributed by atoms with Crippen LogP contribution in [0.3, 0.4) is 0 Å². The van der Waals surface area contributed by atoms with Crippen LogP contribution >= 0.6 is 0 Å². The van der Waals surface area contributed by atoms with Crippen LogP contribution in [0, 0.1) is 11.3 Å². The number of carbonyl (C=O) groups excluding carboxylic acids is 1. The largest absolute Gasteiger partial charge is 0.497 e. The van der Waals surface area contributed by atoms with Gasteiger partial charge in [-0.3, -0.25) is 4.79 Å². The van der Waals surface area contributed by atoms with Crippen LogP contribution in [-0.2, 0) is 11.2 Å². The number of nitrogens with zero attached hydrogens (tertiary/aromatic N) is 1. The Bertz CT molecular complexity index is 423. The van der Waals surface area contributed by atoms with Gasteiger partial charge in [-0.1, -0.05) is 12.1 Å². The molecule has 0 saturated heterocycles. The molecule has 1 rings (SSSR count). The van der Waals surface area contributed by atoms with Crippen molar-refractivity contribution in [2.24, 2.45) is 0 Å². The Morgan fingerprint density at radius 1 is 1.32 bits per heavy atom. The highest BCUT2D eigenvalue weighted by molar-refractivity contribution is 5.77. The fraction of sp³-hybridized carbons (Fsp3) is 0.429. The molecule has 0 heterocycles. The molecule has 0 unspecified atom stereocenters. The molecule has 0 radical (unpaired) electrons. The first-order valence-electron chi connectivity index (χ1n) is 6.23. The molecule has 5 nitrogen and oxygen atoms in total. The normalized spacial score (nSPS) is 9.68. The number of hydrogen-bond donors (Lipinski definition) is 2. The third-order valence-corrected chi connectivity index (χ3v) is 2.59. The van der Waals surface area contributed by atoms with Gasteiger partial charge in [0.2, 0.25) is 5.91 Å². The average Bonchev–Trinajstić information content (AvgIpc) is 2.44. The van der Waals surface area contributed by atoms with Crippen molar-refractivity contribution >= 4 is 5.91 Å². The summed E-state index contributed by atoms with van der Waals surface area (Å²) in [5.74, 6) is 0.763. The maximum atomic E-state index is 11.3. The molecule has 0 aromatic heterocycles. The highest BCUT2D eigenvalue weighted by Crippen LogP contribution is 2.11. The molecule has 0 atom stereocenters. The molecule has 1 aromatic rings. The Kier molecular flexibility index (Phi) is 7.06. The van der Waals surface area contributed by atoms with E-state index in [1.165, 1.54) is 5.56 Å². The molecule has 0 aliphatic heterocycles. The molecule has 1 aromatic carbocycles. The second-order valence-corrected chi connectivity index (χ2v) is 4.03. The summed E-state index contributed by atoms with van der Waals surface area (Å²) in [6, 6.07) is 9.83. The molecule has 0 aliphatic carbocycles. The smallest absolute Gasteiger partial charge is 0.233 e. The third-order valence-electron chi connectivity index (χ3n) is 2.59. The van der Waals surface area contributed by atoms with Crippen LogP contribution in [0.15, 0.2) is 24.3 Å². The SMILES string of the molecule is COc1ccc(CCNCC(=O)NCCC#N)cc1. The monoisotopic (exact) mass is 261 g/mol. The first-order valence-corrected chi connectivity index (χ1v) is 6.23. The number of amides is 1. The van der Waals surface area contributed by atoms with Gasteiger partial charge >= 0.3 is 0 Å². The number of nitriles is 1. The Balaban J connectivity index is 2.13. The van der Waals surface area contributed by atoms with E-state index in [0.29, 0.717) is 13.0 Å². The molecule has 0 spiro atoms. The van der Waals surface area contributed by atoms with Crippen molar-refractivity contribution < 1.29 is 9.53 Å². The van der Waals surface area contributed by atoms with E-state index < -0.39 is 0 Å². The van der Waals surface area contributed by atoms with Crippen LogP contribution in [0.5, 0.6) is 5.75 Å². The van der Waals surface area contributed by atoms with Gasteiger partial charge in [0.1, 0.15) is 5.75 Å². The van der Waals surface area contributed by atoms with Gasteiger partial charge in [-0.2, -0.15) is 5.26 Å². The van der Waals surface area contributed by atoms with Gasteiger partial charge in [0.15, 0.2) is 0 Å². The topological polar surface area (TPSA) is 74.2 Å². The summed E-state index contributed by atoms with van der Waals surface area (Å²) in [5.41, 5.74) is 1.19. The Morgan fingerprint density at radius 3 is 2.68 bits per heavy atom. The number of carbonyl (C=O) groups is 1. The van der Waals surface area contributed by atoms with Crippen LogP contribution in [0.4, 0.5) is 0 Å². The van der Waals surface area contributed by atoms with Gasteiger partial charge in [0.05, 0.1) is 26.1 Å². The Morgan fingerprint density at radius 2 is 2.05 bits per heavy atom. The van der Waals surface area contributed by atoms with Crippen molar-refractivity contribution in [1.29, 1.82) is 5.26 Å². The third kappa shape index (κ3) is 6.43. The van der Waals surface area contributed by atoms with Crippen molar-refractivity contribution in [3.05, 3.63) is 29.8 Å². The fourth-order valence-electron chi connectivity index (χ4n) is 1.55. The van der Waals surface area contributed by atoms with E-state index in [1.807, 2.05) is 30.3 Å². The van der Waals surface area contributed by atoms with E-state index in [-0.39, 0.29) is 12.5 Å². The van der Waals surface area contributed by atoms with Crippen LogP contribution in [0.1, 0.15) is 12.0 Å². The Labute approximate surface area is 113 Å². The van der Waals surface area contributed by atoms with E-state index in [1.54, 1.807) is 7.11 Å². The van der Waals surface area contributed by atoms with Crippen LogP contribution in [0.25, 0.3) is 0 Å². The lowest BCUT2D eigenvalue weighted by Crippen LogP contribution is -2.35. The zero-order chi connectivity index (χ0) is 13.9. The zero-order valence-corrected chi connectivity index (χ0v) is 11.1. The minimum atomic E-state index is -0.0787. The van der Waals surface area contributed by atoms with E-state index >= 15 is 0 Å². The van der Waals surface area contributed by atoms with E-state index in [2.05, 4.69) is 10.6 Å². The van der Waals surface area contributed by atoms with Gasteiger partial charge in [0, 0.05) is 6.54 Å². The Hall–Kier alpha value is -2.06. The summed E-state index contributed by atoms with van der Waals surface area (Å²) in [6.07, 6.45) is 1.20. The summed E-state index contributed by atoms with van der Waals surface area (Å²) in [5, 5.41) is 14.1. The van der Waals surface area contributed by atoms with Crippen LogP contribution in [-0.4, -0.2) is 32.7 Å². The summed E-state index contributed by atoms with van der Waals surface area (Å²) in [4.78, 5) is 11.3. The fourth-order valence-corrected chi connectivity index (χ4v) is 1.55. The van der Waals surface area contributed by atoms with Crippen molar-refractivity contribution in [2.75, 3.05) is 26.7 Å². The highest BCUT2D eigenvalue weighted by atomic mass is 16.5. The molecule has 0 fully saturated rings. The summed E-state index contributed by atoms with van der Waals surface area (Å²) in [7, 11) is 1.64. The molecule has 5 heteroatoms. The number of methoxy groups -OCH3 is 1. The first kappa shape index (κ1) is 15.0.